The first-order valence-corrected chi connectivity index (χ1v) is 8.94. The maximum absolute atomic E-state index is 12.5. The van der Waals surface area contributed by atoms with Crippen LogP contribution in [0, 0.1) is 5.92 Å². The van der Waals surface area contributed by atoms with Crippen molar-refractivity contribution >= 4 is 40.6 Å². The molecule has 1 fully saturated rings. The highest BCUT2D eigenvalue weighted by Crippen LogP contribution is 2.24. The van der Waals surface area contributed by atoms with Crippen LogP contribution in [0.25, 0.3) is 0 Å². The highest BCUT2D eigenvalue weighted by Gasteiger charge is 2.25. The van der Waals surface area contributed by atoms with Crippen molar-refractivity contribution in [2.24, 2.45) is 5.92 Å². The van der Waals surface area contributed by atoms with Gasteiger partial charge in [-0.05, 0) is 43.2 Å². The number of aromatic nitrogens is 1. The summed E-state index contributed by atoms with van der Waals surface area (Å²) in [7, 11) is 0. The SMILES string of the molecule is CC(=O)Nc1cccc(NC(=O)C2CCN(c3ccc(Cl)cn3)CC2)c1. The van der Waals surface area contributed by atoms with Crippen LogP contribution in [0.1, 0.15) is 19.8 Å². The molecule has 0 unspecified atom stereocenters. The largest absolute Gasteiger partial charge is 0.357 e. The van der Waals surface area contributed by atoms with E-state index in [1.165, 1.54) is 6.92 Å². The maximum atomic E-state index is 12.5. The molecule has 26 heavy (non-hydrogen) atoms. The number of nitrogens with zero attached hydrogens (tertiary/aromatic N) is 2. The molecular formula is C19H21ClN4O2. The topological polar surface area (TPSA) is 74.3 Å². The number of carbonyl (C=O) groups is 2. The summed E-state index contributed by atoms with van der Waals surface area (Å²) >= 11 is 5.87. The minimum absolute atomic E-state index is 0.00805. The molecule has 0 aliphatic carbocycles. The quantitative estimate of drug-likeness (QED) is 0.860. The molecule has 0 atom stereocenters. The van der Waals surface area contributed by atoms with Gasteiger partial charge in [-0.1, -0.05) is 17.7 Å². The number of rotatable bonds is 4. The summed E-state index contributed by atoms with van der Waals surface area (Å²) in [5.74, 6) is 0.713. The number of nitrogens with one attached hydrogen (secondary N) is 2. The molecule has 0 bridgehead atoms. The average Bonchev–Trinajstić information content (AvgIpc) is 2.62. The predicted octanol–water partition coefficient (Wildman–Crippen LogP) is 3.55. The zero-order chi connectivity index (χ0) is 18.5. The van der Waals surface area contributed by atoms with Crippen molar-refractivity contribution in [2.75, 3.05) is 28.6 Å². The third kappa shape index (κ3) is 4.73. The van der Waals surface area contributed by atoms with Crippen molar-refractivity contribution in [3.8, 4) is 0 Å². The van der Waals surface area contributed by atoms with Crippen molar-refractivity contribution in [3.05, 3.63) is 47.6 Å². The molecule has 1 saturated heterocycles. The number of carbonyl (C=O) groups excluding carboxylic acids is 2. The molecule has 2 N–H and O–H groups in total. The Kier molecular flexibility index (Phi) is 5.73. The minimum Gasteiger partial charge on any atom is -0.357 e. The highest BCUT2D eigenvalue weighted by atomic mass is 35.5. The van der Waals surface area contributed by atoms with Gasteiger partial charge in [0.15, 0.2) is 0 Å². The first-order chi connectivity index (χ1) is 12.5. The van der Waals surface area contributed by atoms with E-state index in [2.05, 4.69) is 20.5 Å². The Balaban J connectivity index is 1.55. The Morgan fingerprint density at radius 2 is 1.81 bits per heavy atom. The number of hydrogen-bond acceptors (Lipinski definition) is 4. The van der Waals surface area contributed by atoms with Gasteiger partial charge in [0.1, 0.15) is 5.82 Å². The zero-order valence-electron chi connectivity index (χ0n) is 14.5. The fourth-order valence-corrected chi connectivity index (χ4v) is 3.16. The summed E-state index contributed by atoms with van der Waals surface area (Å²) in [6.45, 7) is 3.01. The Morgan fingerprint density at radius 1 is 1.12 bits per heavy atom. The monoisotopic (exact) mass is 372 g/mol. The highest BCUT2D eigenvalue weighted by molar-refractivity contribution is 6.30. The van der Waals surface area contributed by atoms with Crippen molar-refractivity contribution in [1.29, 1.82) is 0 Å². The maximum Gasteiger partial charge on any atom is 0.227 e. The molecular weight excluding hydrogens is 352 g/mol. The third-order valence-corrected chi connectivity index (χ3v) is 4.58. The summed E-state index contributed by atoms with van der Waals surface area (Å²) in [5, 5.41) is 6.27. The molecule has 2 heterocycles. The van der Waals surface area contributed by atoms with Crippen molar-refractivity contribution in [2.45, 2.75) is 19.8 Å². The lowest BCUT2D eigenvalue weighted by Crippen LogP contribution is -2.38. The molecule has 1 aliphatic rings. The molecule has 0 spiro atoms. The van der Waals surface area contributed by atoms with Gasteiger partial charge < -0.3 is 15.5 Å². The fourth-order valence-electron chi connectivity index (χ4n) is 3.05. The van der Waals surface area contributed by atoms with Gasteiger partial charge in [-0.25, -0.2) is 4.98 Å². The van der Waals surface area contributed by atoms with E-state index in [1.807, 2.05) is 18.2 Å². The molecule has 3 rings (SSSR count). The standard InChI is InChI=1S/C19H21ClN4O2/c1-13(25)22-16-3-2-4-17(11-16)23-19(26)14-7-9-24(10-8-14)18-6-5-15(20)12-21-18/h2-6,11-12,14H,7-10H2,1H3,(H,22,25)(H,23,26). The molecule has 1 aliphatic heterocycles. The van der Waals surface area contributed by atoms with Crippen LogP contribution < -0.4 is 15.5 Å². The van der Waals surface area contributed by atoms with Crippen LogP contribution in [0.3, 0.4) is 0 Å². The third-order valence-electron chi connectivity index (χ3n) is 4.35. The lowest BCUT2D eigenvalue weighted by Gasteiger charge is -2.32. The Morgan fingerprint density at radius 3 is 2.42 bits per heavy atom. The van der Waals surface area contributed by atoms with Crippen LogP contribution in [-0.2, 0) is 9.59 Å². The fraction of sp³-hybridized carbons (Fsp3) is 0.316. The Labute approximate surface area is 157 Å². The average molecular weight is 373 g/mol. The lowest BCUT2D eigenvalue weighted by molar-refractivity contribution is -0.120. The van der Waals surface area contributed by atoms with Crippen LogP contribution in [0.4, 0.5) is 17.2 Å². The smallest absolute Gasteiger partial charge is 0.227 e. The molecule has 0 radical (unpaired) electrons. The first-order valence-electron chi connectivity index (χ1n) is 8.56. The summed E-state index contributed by atoms with van der Waals surface area (Å²) in [6, 6.07) is 10.9. The number of pyridine rings is 1. The minimum atomic E-state index is -0.142. The van der Waals surface area contributed by atoms with Crippen LogP contribution in [0.5, 0.6) is 0 Å². The summed E-state index contributed by atoms with van der Waals surface area (Å²) in [5.41, 5.74) is 1.35. The Hall–Kier alpha value is -2.60. The van der Waals surface area contributed by atoms with Gasteiger partial charge >= 0.3 is 0 Å². The van der Waals surface area contributed by atoms with E-state index in [0.717, 1.165) is 31.7 Å². The molecule has 136 valence electrons. The second-order valence-electron chi connectivity index (χ2n) is 6.35. The second kappa shape index (κ2) is 8.19. The summed E-state index contributed by atoms with van der Waals surface area (Å²) in [4.78, 5) is 30.2. The van der Waals surface area contributed by atoms with Crippen molar-refractivity contribution in [1.82, 2.24) is 4.98 Å². The normalized spacial score (nSPS) is 14.8. The number of amides is 2. The number of anilines is 3. The number of piperidine rings is 1. The van der Waals surface area contributed by atoms with Gasteiger partial charge in [0.25, 0.3) is 0 Å². The molecule has 0 saturated carbocycles. The van der Waals surface area contributed by atoms with E-state index in [-0.39, 0.29) is 17.7 Å². The van der Waals surface area contributed by atoms with E-state index in [1.54, 1.807) is 24.4 Å². The van der Waals surface area contributed by atoms with Crippen LogP contribution in [-0.4, -0.2) is 29.9 Å². The molecule has 1 aromatic carbocycles. The molecule has 2 amide bonds. The Bertz CT molecular complexity index is 786. The summed E-state index contributed by atoms with van der Waals surface area (Å²) < 4.78 is 0. The first kappa shape index (κ1) is 18.2. The number of hydrogen-bond donors (Lipinski definition) is 2. The van der Waals surface area contributed by atoms with Gasteiger partial charge in [0, 0.05) is 43.5 Å². The van der Waals surface area contributed by atoms with Gasteiger partial charge in [0.2, 0.25) is 11.8 Å². The predicted molar refractivity (Wildman–Crippen MR) is 104 cm³/mol. The number of halogens is 1. The van der Waals surface area contributed by atoms with Gasteiger partial charge in [0.05, 0.1) is 5.02 Å². The van der Waals surface area contributed by atoms with E-state index in [4.69, 9.17) is 11.6 Å². The lowest BCUT2D eigenvalue weighted by atomic mass is 9.95. The molecule has 2 aromatic rings. The van der Waals surface area contributed by atoms with E-state index < -0.39 is 0 Å². The summed E-state index contributed by atoms with van der Waals surface area (Å²) in [6.07, 6.45) is 3.17. The number of benzene rings is 1. The molecule has 7 heteroatoms. The van der Waals surface area contributed by atoms with E-state index >= 15 is 0 Å². The second-order valence-corrected chi connectivity index (χ2v) is 6.78. The van der Waals surface area contributed by atoms with Gasteiger partial charge in [-0.2, -0.15) is 0 Å². The van der Waals surface area contributed by atoms with Gasteiger partial charge in [-0.15, -0.1) is 0 Å². The van der Waals surface area contributed by atoms with Gasteiger partial charge in [-0.3, -0.25) is 9.59 Å². The molecule has 1 aromatic heterocycles. The molecule has 6 nitrogen and oxygen atoms in total. The van der Waals surface area contributed by atoms with Crippen LogP contribution in [0.2, 0.25) is 5.02 Å². The van der Waals surface area contributed by atoms with E-state index in [0.29, 0.717) is 16.4 Å². The van der Waals surface area contributed by atoms with Crippen LogP contribution in [0.15, 0.2) is 42.6 Å². The van der Waals surface area contributed by atoms with Crippen LogP contribution >= 0.6 is 11.6 Å². The van der Waals surface area contributed by atoms with Crippen molar-refractivity contribution < 1.29 is 9.59 Å². The van der Waals surface area contributed by atoms with E-state index in [9.17, 15) is 9.59 Å². The van der Waals surface area contributed by atoms with Crippen molar-refractivity contribution in [3.63, 3.8) is 0 Å². The zero-order valence-corrected chi connectivity index (χ0v) is 15.3.